The number of esters is 2. The van der Waals surface area contributed by atoms with Crippen molar-refractivity contribution in [3.05, 3.63) is 89.5 Å². The maximum Gasteiger partial charge on any atom is 0.308 e. The van der Waals surface area contributed by atoms with E-state index in [1.165, 1.54) is 0 Å². The van der Waals surface area contributed by atoms with E-state index in [4.69, 9.17) is 25.9 Å². The molecule has 0 fully saturated rings. The molecule has 0 aliphatic rings. The van der Waals surface area contributed by atoms with Crippen LogP contribution in [-0.4, -0.2) is 16.9 Å². The quantitative estimate of drug-likeness (QED) is 0.497. The van der Waals surface area contributed by atoms with Gasteiger partial charge < -0.3 is 9.47 Å². The highest BCUT2D eigenvalue weighted by molar-refractivity contribution is 5.69. The largest absolute Gasteiger partial charge is 0.427 e. The van der Waals surface area contributed by atoms with Crippen LogP contribution < -0.4 is 9.47 Å². The molecule has 0 aliphatic carbocycles. The Balaban J connectivity index is 2.67. The minimum atomic E-state index is -3.15. The highest BCUT2D eigenvalue weighted by Gasteiger charge is 2.18. The summed E-state index contributed by atoms with van der Waals surface area (Å²) < 4.78 is 119. The standard InChI is InChI=1S/C22H19NO4/c1-15(24)26-19-10-6-17(7-11-19)22(21-5-3-4-14-23-21)18-8-12-20(13-9-18)27-16(2)25/h3-14,22H,1-2H3/i3D,4D,5D,6D,7D,8D,9D,10D,11D,12D,13D,14D,22D. The van der Waals surface area contributed by atoms with Crippen molar-refractivity contribution in [1.82, 2.24) is 4.98 Å². The highest BCUT2D eigenvalue weighted by Crippen LogP contribution is 2.32. The third kappa shape index (κ3) is 4.79. The Morgan fingerprint density at radius 2 is 1.33 bits per heavy atom. The lowest BCUT2D eigenvalue weighted by Crippen LogP contribution is -2.07. The number of carbonyl (C=O) groups excluding carboxylic acids is 2. The molecule has 5 heteroatoms. The van der Waals surface area contributed by atoms with Crippen molar-refractivity contribution in [2.24, 2.45) is 0 Å². The summed E-state index contributed by atoms with van der Waals surface area (Å²) in [6.07, 6.45) is -0.939. The van der Waals surface area contributed by atoms with Gasteiger partial charge >= 0.3 is 11.9 Å². The van der Waals surface area contributed by atoms with Crippen LogP contribution >= 0.6 is 0 Å². The van der Waals surface area contributed by atoms with Gasteiger partial charge in [-0.25, -0.2) is 0 Å². The Morgan fingerprint density at radius 1 is 0.852 bits per heavy atom. The van der Waals surface area contributed by atoms with Gasteiger partial charge in [-0.2, -0.15) is 0 Å². The lowest BCUT2D eigenvalue weighted by Gasteiger charge is -2.18. The number of rotatable bonds is 5. The third-order valence-electron chi connectivity index (χ3n) is 2.90. The molecule has 0 aliphatic heterocycles. The van der Waals surface area contributed by atoms with Crippen LogP contribution in [0.2, 0.25) is 0 Å². The molecule has 0 unspecified atom stereocenters. The maximum atomic E-state index is 11.5. The van der Waals surface area contributed by atoms with Gasteiger partial charge in [0.1, 0.15) is 11.5 Å². The van der Waals surface area contributed by atoms with Crippen molar-refractivity contribution >= 4 is 11.9 Å². The predicted molar refractivity (Wildman–Crippen MR) is 101 cm³/mol. The summed E-state index contributed by atoms with van der Waals surface area (Å²) >= 11 is 0. The van der Waals surface area contributed by atoms with E-state index in [0.29, 0.717) is 0 Å². The van der Waals surface area contributed by atoms with Gasteiger partial charge in [0, 0.05) is 21.4 Å². The molecule has 0 bridgehead atoms. The van der Waals surface area contributed by atoms with E-state index in [9.17, 15) is 11.0 Å². The Labute approximate surface area is 175 Å². The summed E-state index contributed by atoms with van der Waals surface area (Å²) in [6, 6.07) is -10.9. The zero-order valence-electron chi connectivity index (χ0n) is 27.1. The van der Waals surface area contributed by atoms with Gasteiger partial charge in [-0.15, -0.1) is 0 Å². The molecule has 1 heterocycles. The van der Waals surface area contributed by atoms with Gasteiger partial charge in [-0.1, -0.05) is 30.2 Å². The van der Waals surface area contributed by atoms with Crippen molar-refractivity contribution in [2.45, 2.75) is 19.7 Å². The first-order chi connectivity index (χ1) is 18.4. The third-order valence-corrected chi connectivity index (χ3v) is 2.90. The van der Waals surface area contributed by atoms with E-state index in [2.05, 4.69) is 4.98 Å². The van der Waals surface area contributed by atoms with Crippen LogP contribution in [0, 0.1) is 0 Å². The highest BCUT2D eigenvalue weighted by atomic mass is 16.5. The molecule has 0 amide bonds. The van der Waals surface area contributed by atoms with Crippen LogP contribution in [0.25, 0.3) is 0 Å². The number of carbonyl (C=O) groups is 2. The van der Waals surface area contributed by atoms with Crippen molar-refractivity contribution in [3.63, 3.8) is 0 Å². The van der Waals surface area contributed by atoms with Crippen LogP contribution in [0.5, 0.6) is 11.5 Å². The van der Waals surface area contributed by atoms with Gasteiger partial charge in [0.2, 0.25) is 0 Å². The van der Waals surface area contributed by atoms with Crippen molar-refractivity contribution < 1.29 is 36.9 Å². The van der Waals surface area contributed by atoms with E-state index in [-0.39, 0.29) is 0 Å². The van der Waals surface area contributed by atoms with Crippen molar-refractivity contribution in [3.8, 4) is 11.5 Å². The Kier molecular flexibility index (Phi) is 2.47. The molecule has 0 saturated carbocycles. The summed E-state index contributed by atoms with van der Waals surface area (Å²) in [4.78, 5) is 26.8. The molecule has 0 N–H and O–H groups in total. The summed E-state index contributed by atoms with van der Waals surface area (Å²) in [5.74, 6) is -6.78. The number of pyridine rings is 1. The number of benzene rings is 2. The second-order valence-electron chi connectivity index (χ2n) is 4.92. The fraction of sp³-hybridized carbons (Fsp3) is 0.136. The lowest BCUT2D eigenvalue weighted by molar-refractivity contribution is -0.132. The van der Waals surface area contributed by atoms with Gasteiger partial charge in [-0.05, 0) is 47.4 Å². The first-order valence-corrected chi connectivity index (χ1v) is 7.42. The van der Waals surface area contributed by atoms with Crippen LogP contribution in [-0.2, 0) is 9.59 Å². The lowest BCUT2D eigenvalue weighted by atomic mass is 9.88. The SMILES string of the molecule is [2H]c1nc(C([2H])(c2c([2H])c([2H])c(OC(C)=O)c([2H])c2[2H])c2c([2H])c([2H])c(OC(C)=O)c([2H])c2[2H])c([2H])c([2H])c1[2H]. The summed E-state index contributed by atoms with van der Waals surface area (Å²) in [7, 11) is 0. The maximum absolute atomic E-state index is 11.5. The topological polar surface area (TPSA) is 65.5 Å². The monoisotopic (exact) mass is 374 g/mol. The molecule has 0 saturated heterocycles. The fourth-order valence-corrected chi connectivity index (χ4v) is 1.95. The Morgan fingerprint density at radius 3 is 1.78 bits per heavy atom. The normalized spacial score (nSPS) is 17.6. The second kappa shape index (κ2) is 8.27. The van der Waals surface area contributed by atoms with E-state index in [0.717, 1.165) is 13.8 Å². The first-order valence-electron chi connectivity index (χ1n) is 13.9. The van der Waals surface area contributed by atoms with Crippen molar-refractivity contribution in [1.29, 1.82) is 0 Å². The molecule has 0 spiro atoms. The van der Waals surface area contributed by atoms with Gasteiger partial charge in [0.05, 0.1) is 28.0 Å². The molecule has 27 heavy (non-hydrogen) atoms. The van der Waals surface area contributed by atoms with Crippen LogP contribution in [0.15, 0.2) is 72.6 Å². The summed E-state index contributed by atoms with van der Waals surface area (Å²) in [5.41, 5.74) is -2.92. The number of hydrogen-bond acceptors (Lipinski definition) is 5. The molecule has 3 aromatic rings. The van der Waals surface area contributed by atoms with Crippen LogP contribution in [0.4, 0.5) is 0 Å². The molecule has 3 rings (SSSR count). The number of nitrogens with zero attached hydrogens (tertiary/aromatic N) is 1. The smallest absolute Gasteiger partial charge is 0.308 e. The second-order valence-corrected chi connectivity index (χ2v) is 4.92. The first kappa shape index (κ1) is 8.05. The van der Waals surface area contributed by atoms with Crippen molar-refractivity contribution in [2.75, 3.05) is 0 Å². The number of ether oxygens (including phenoxy) is 2. The van der Waals surface area contributed by atoms with E-state index in [1.807, 2.05) is 0 Å². The predicted octanol–water partition coefficient (Wildman–Crippen LogP) is 4.11. The molecule has 136 valence electrons. The zero-order valence-corrected chi connectivity index (χ0v) is 14.1. The molecular weight excluding hydrogens is 342 g/mol. The molecule has 5 nitrogen and oxygen atoms in total. The molecule has 0 atom stereocenters. The summed E-state index contributed by atoms with van der Waals surface area (Å²) in [5, 5.41) is 0. The minimum Gasteiger partial charge on any atom is -0.427 e. The average molecular weight is 374 g/mol. The molecule has 0 radical (unpaired) electrons. The summed E-state index contributed by atoms with van der Waals surface area (Å²) in [6.45, 7) is 1.88. The van der Waals surface area contributed by atoms with Crippen LogP contribution in [0.3, 0.4) is 0 Å². The minimum absolute atomic E-state index is 0.818. The number of aromatic nitrogens is 1. The van der Waals surface area contributed by atoms with E-state index >= 15 is 0 Å². The van der Waals surface area contributed by atoms with E-state index < -0.39 is 119 Å². The number of hydrogen-bond donors (Lipinski definition) is 0. The molecule has 1 aromatic heterocycles. The fourth-order valence-electron chi connectivity index (χ4n) is 1.95. The van der Waals surface area contributed by atoms with Gasteiger partial charge in [0.15, 0.2) is 0 Å². The Hall–Kier alpha value is -3.47. The average Bonchev–Trinajstić information content (AvgIpc) is 2.87. The Bertz CT molecular complexity index is 1470. The molecular formula is C22H19NO4. The van der Waals surface area contributed by atoms with Gasteiger partial charge in [-0.3, -0.25) is 14.6 Å². The van der Waals surface area contributed by atoms with Crippen LogP contribution in [0.1, 0.15) is 54.4 Å². The zero-order chi connectivity index (χ0) is 30.6. The molecule has 2 aromatic carbocycles. The van der Waals surface area contributed by atoms with Gasteiger partial charge in [0.25, 0.3) is 0 Å². The van der Waals surface area contributed by atoms with E-state index in [1.54, 1.807) is 0 Å².